The standard InChI is InChI=1S/C19H30O4/c1-17(2,3)19(16(20)21,18(4,5)6)23-13-12-22-14-15-10-8-7-9-11-15/h7-11H,12-14H2,1-6H3,(H,20,21). The molecule has 0 fully saturated rings. The van der Waals surface area contributed by atoms with Crippen LogP contribution in [0.1, 0.15) is 47.1 Å². The van der Waals surface area contributed by atoms with E-state index in [9.17, 15) is 9.90 Å². The van der Waals surface area contributed by atoms with Crippen molar-refractivity contribution in [2.75, 3.05) is 13.2 Å². The lowest BCUT2D eigenvalue weighted by molar-refractivity contribution is -0.213. The Kier molecular flexibility index (Phi) is 6.37. The number of rotatable bonds is 7. The normalized spacial score (nSPS) is 13.1. The highest BCUT2D eigenvalue weighted by Crippen LogP contribution is 2.47. The molecule has 0 aliphatic carbocycles. The lowest BCUT2D eigenvalue weighted by Crippen LogP contribution is -2.61. The molecule has 0 spiro atoms. The molecule has 0 radical (unpaired) electrons. The largest absolute Gasteiger partial charge is 0.479 e. The van der Waals surface area contributed by atoms with Crippen molar-refractivity contribution in [1.29, 1.82) is 0 Å². The third-order valence-corrected chi connectivity index (χ3v) is 4.07. The van der Waals surface area contributed by atoms with Crippen molar-refractivity contribution in [3.8, 4) is 0 Å². The highest BCUT2D eigenvalue weighted by atomic mass is 16.6. The summed E-state index contributed by atoms with van der Waals surface area (Å²) in [6.07, 6.45) is 0. The van der Waals surface area contributed by atoms with Gasteiger partial charge in [-0.3, -0.25) is 0 Å². The Hall–Kier alpha value is -1.39. The highest BCUT2D eigenvalue weighted by molar-refractivity contribution is 5.79. The smallest absolute Gasteiger partial charge is 0.337 e. The molecule has 0 amide bonds. The quantitative estimate of drug-likeness (QED) is 0.767. The first-order valence-electron chi connectivity index (χ1n) is 8.01. The molecule has 0 aromatic heterocycles. The Labute approximate surface area is 139 Å². The minimum absolute atomic E-state index is 0.244. The minimum atomic E-state index is -1.28. The monoisotopic (exact) mass is 322 g/mol. The molecule has 4 heteroatoms. The lowest BCUT2D eigenvalue weighted by atomic mass is 9.62. The van der Waals surface area contributed by atoms with Gasteiger partial charge < -0.3 is 14.6 Å². The molecule has 130 valence electrons. The summed E-state index contributed by atoms with van der Waals surface area (Å²) in [6.45, 7) is 12.5. The first kappa shape index (κ1) is 19.7. The number of aliphatic carboxylic acids is 1. The molecule has 0 bridgehead atoms. The maximum Gasteiger partial charge on any atom is 0.337 e. The van der Waals surface area contributed by atoms with Gasteiger partial charge >= 0.3 is 5.97 Å². The molecule has 23 heavy (non-hydrogen) atoms. The van der Waals surface area contributed by atoms with E-state index >= 15 is 0 Å². The van der Waals surface area contributed by atoms with Crippen molar-refractivity contribution in [2.45, 2.75) is 53.8 Å². The van der Waals surface area contributed by atoms with E-state index in [0.29, 0.717) is 13.2 Å². The third kappa shape index (κ3) is 4.55. The zero-order valence-electron chi connectivity index (χ0n) is 15.2. The summed E-state index contributed by atoms with van der Waals surface area (Å²) >= 11 is 0. The maximum absolute atomic E-state index is 12.0. The Bertz CT molecular complexity index is 480. The van der Waals surface area contributed by atoms with Crippen LogP contribution in [0.4, 0.5) is 0 Å². The second-order valence-corrected chi connectivity index (χ2v) is 7.87. The van der Waals surface area contributed by atoms with Gasteiger partial charge in [0.1, 0.15) is 0 Å². The Balaban J connectivity index is 2.67. The zero-order valence-corrected chi connectivity index (χ0v) is 15.2. The SMILES string of the molecule is CC(C)(C)C(OCCOCc1ccccc1)(C(=O)O)C(C)(C)C. The predicted molar refractivity (Wildman–Crippen MR) is 91.3 cm³/mol. The van der Waals surface area contributed by atoms with Crippen LogP contribution < -0.4 is 0 Å². The molecule has 0 unspecified atom stereocenters. The highest BCUT2D eigenvalue weighted by Gasteiger charge is 2.58. The lowest BCUT2D eigenvalue weighted by Gasteiger charge is -2.49. The van der Waals surface area contributed by atoms with Crippen molar-refractivity contribution < 1.29 is 19.4 Å². The number of carbonyl (C=O) groups is 1. The summed E-state index contributed by atoms with van der Waals surface area (Å²) in [7, 11) is 0. The van der Waals surface area contributed by atoms with Crippen LogP contribution in [0.5, 0.6) is 0 Å². The van der Waals surface area contributed by atoms with Gasteiger partial charge in [0.05, 0.1) is 19.8 Å². The zero-order chi connectivity index (χ0) is 17.7. The molecule has 0 atom stereocenters. The topological polar surface area (TPSA) is 55.8 Å². The number of benzene rings is 1. The average Bonchev–Trinajstić information content (AvgIpc) is 2.40. The molecule has 4 nitrogen and oxygen atoms in total. The number of hydrogen-bond acceptors (Lipinski definition) is 3. The van der Waals surface area contributed by atoms with Crippen molar-refractivity contribution in [1.82, 2.24) is 0 Å². The van der Waals surface area contributed by atoms with Crippen molar-refractivity contribution in [2.24, 2.45) is 10.8 Å². The summed E-state index contributed by atoms with van der Waals surface area (Å²) in [5, 5.41) is 9.86. The third-order valence-electron chi connectivity index (χ3n) is 4.07. The van der Waals surface area contributed by atoms with Gasteiger partial charge in [0.25, 0.3) is 0 Å². The van der Waals surface area contributed by atoms with Crippen LogP contribution in [0.15, 0.2) is 30.3 Å². The van der Waals surface area contributed by atoms with E-state index in [4.69, 9.17) is 9.47 Å². The average molecular weight is 322 g/mol. The van der Waals surface area contributed by atoms with Crippen LogP contribution in [0.25, 0.3) is 0 Å². The van der Waals surface area contributed by atoms with E-state index in [1.807, 2.05) is 71.9 Å². The number of carboxylic acids is 1. The summed E-state index contributed by atoms with van der Waals surface area (Å²) in [4.78, 5) is 12.0. The van der Waals surface area contributed by atoms with Gasteiger partial charge in [-0.1, -0.05) is 71.9 Å². The van der Waals surface area contributed by atoms with E-state index in [1.54, 1.807) is 0 Å². The van der Waals surface area contributed by atoms with Crippen molar-refractivity contribution in [3.63, 3.8) is 0 Å². The molecule has 0 saturated carbocycles. The van der Waals surface area contributed by atoms with Crippen LogP contribution >= 0.6 is 0 Å². The van der Waals surface area contributed by atoms with Gasteiger partial charge in [0, 0.05) is 10.8 Å². The number of ether oxygens (including phenoxy) is 2. The van der Waals surface area contributed by atoms with Crippen LogP contribution in [0, 0.1) is 10.8 Å². The van der Waals surface area contributed by atoms with Gasteiger partial charge in [-0.15, -0.1) is 0 Å². The van der Waals surface area contributed by atoms with Gasteiger partial charge in [0.15, 0.2) is 5.60 Å². The van der Waals surface area contributed by atoms with Gasteiger partial charge in [0.2, 0.25) is 0 Å². The molecule has 1 N–H and O–H groups in total. The molecule has 0 aliphatic rings. The fraction of sp³-hybridized carbons (Fsp3) is 0.632. The Morgan fingerprint density at radius 3 is 1.91 bits per heavy atom. The molecule has 1 aromatic carbocycles. The molecule has 0 aliphatic heterocycles. The second-order valence-electron chi connectivity index (χ2n) is 7.87. The second kappa shape index (κ2) is 7.45. The van der Waals surface area contributed by atoms with Crippen LogP contribution in [0.3, 0.4) is 0 Å². The molecule has 0 heterocycles. The maximum atomic E-state index is 12.0. The fourth-order valence-corrected chi connectivity index (χ4v) is 3.28. The fourth-order valence-electron chi connectivity index (χ4n) is 3.28. The van der Waals surface area contributed by atoms with E-state index in [2.05, 4.69) is 0 Å². The van der Waals surface area contributed by atoms with Crippen LogP contribution in [-0.2, 0) is 20.9 Å². The minimum Gasteiger partial charge on any atom is -0.479 e. The molecule has 1 rings (SSSR count). The van der Waals surface area contributed by atoms with Gasteiger partial charge in [-0.25, -0.2) is 4.79 Å². The first-order chi connectivity index (χ1) is 10.5. The van der Waals surface area contributed by atoms with Crippen LogP contribution in [0.2, 0.25) is 0 Å². The van der Waals surface area contributed by atoms with Gasteiger partial charge in [-0.05, 0) is 5.56 Å². The Morgan fingerprint density at radius 2 is 1.48 bits per heavy atom. The van der Waals surface area contributed by atoms with Gasteiger partial charge in [-0.2, -0.15) is 0 Å². The summed E-state index contributed by atoms with van der Waals surface area (Å²) in [5.41, 5.74) is -1.29. The molecular weight excluding hydrogens is 292 g/mol. The van der Waals surface area contributed by atoms with E-state index in [-0.39, 0.29) is 6.61 Å². The first-order valence-corrected chi connectivity index (χ1v) is 8.01. The predicted octanol–water partition coefficient (Wildman–Crippen LogP) is 4.14. The van der Waals surface area contributed by atoms with E-state index < -0.39 is 22.4 Å². The number of carboxylic acid groups (broad SMARTS) is 1. The van der Waals surface area contributed by atoms with Crippen molar-refractivity contribution >= 4 is 5.97 Å². The Morgan fingerprint density at radius 1 is 0.957 bits per heavy atom. The van der Waals surface area contributed by atoms with Crippen LogP contribution in [-0.4, -0.2) is 29.9 Å². The summed E-state index contributed by atoms with van der Waals surface area (Å²) in [6, 6.07) is 9.87. The van der Waals surface area contributed by atoms with E-state index in [0.717, 1.165) is 5.56 Å². The van der Waals surface area contributed by atoms with Crippen molar-refractivity contribution in [3.05, 3.63) is 35.9 Å². The summed E-state index contributed by atoms with van der Waals surface area (Å²) in [5.74, 6) is -0.930. The molecular formula is C19H30O4. The number of hydrogen-bond donors (Lipinski definition) is 1. The summed E-state index contributed by atoms with van der Waals surface area (Å²) < 4.78 is 11.5. The molecule has 1 aromatic rings. The van der Waals surface area contributed by atoms with E-state index in [1.165, 1.54) is 0 Å². The molecule has 0 saturated heterocycles.